The van der Waals surface area contributed by atoms with Gasteiger partial charge in [0.15, 0.2) is 5.58 Å². The predicted octanol–water partition coefficient (Wildman–Crippen LogP) is 1.89. The Morgan fingerprint density at radius 3 is 2.93 bits per heavy atom. The van der Waals surface area contributed by atoms with Crippen LogP contribution >= 0.6 is 0 Å². The molecule has 1 heterocycles. The van der Waals surface area contributed by atoms with Gasteiger partial charge in [-0.05, 0) is 12.1 Å². The van der Waals surface area contributed by atoms with Crippen LogP contribution in [0.25, 0.3) is 11.1 Å². The number of aromatic nitrogens is 1. The summed E-state index contributed by atoms with van der Waals surface area (Å²) < 4.78 is 33.2. The number of fused-ring (bicyclic) bond motifs is 1. The molecule has 0 saturated heterocycles. The number of benzene rings is 1. The van der Waals surface area contributed by atoms with E-state index >= 15 is 0 Å². The van der Waals surface area contributed by atoms with Crippen LogP contribution in [0.3, 0.4) is 0 Å². The minimum Gasteiger partial charge on any atom is -0.439 e. The highest BCUT2D eigenvalue weighted by molar-refractivity contribution is 5.74. The lowest BCUT2D eigenvalue weighted by Gasteiger charge is -2.02. The number of alkyl halides is 2. The van der Waals surface area contributed by atoms with Gasteiger partial charge in [-0.15, -0.1) is 0 Å². The third-order valence-corrected chi connectivity index (χ3v) is 1.80. The van der Waals surface area contributed by atoms with Crippen LogP contribution in [0.15, 0.2) is 22.6 Å². The van der Waals surface area contributed by atoms with Crippen LogP contribution < -0.4 is 10.5 Å². The van der Waals surface area contributed by atoms with E-state index in [1.54, 1.807) is 0 Å². The van der Waals surface area contributed by atoms with Crippen LogP contribution in [0.1, 0.15) is 5.89 Å². The Labute approximate surface area is 83.6 Å². The maximum absolute atomic E-state index is 11.9. The van der Waals surface area contributed by atoms with Crippen molar-refractivity contribution in [1.82, 2.24) is 4.98 Å². The highest BCUT2D eigenvalue weighted by atomic mass is 19.3. The molecule has 0 aliphatic heterocycles. The van der Waals surface area contributed by atoms with Gasteiger partial charge in [0.2, 0.25) is 5.89 Å². The first kappa shape index (κ1) is 9.85. The van der Waals surface area contributed by atoms with Crippen LogP contribution in [0.4, 0.5) is 8.78 Å². The molecule has 80 valence electrons. The molecular weight excluding hydrogens is 206 g/mol. The number of oxazole rings is 1. The number of hydrogen-bond donors (Lipinski definition) is 1. The first-order valence-electron chi connectivity index (χ1n) is 4.23. The predicted molar refractivity (Wildman–Crippen MR) is 48.5 cm³/mol. The van der Waals surface area contributed by atoms with Crippen molar-refractivity contribution in [2.24, 2.45) is 5.73 Å². The van der Waals surface area contributed by atoms with Gasteiger partial charge in [0.25, 0.3) is 0 Å². The largest absolute Gasteiger partial charge is 0.439 e. The number of rotatable bonds is 3. The molecule has 0 unspecified atom stereocenters. The van der Waals surface area contributed by atoms with E-state index in [1.807, 2.05) is 0 Å². The first-order valence-corrected chi connectivity index (χ1v) is 4.23. The zero-order valence-electron chi connectivity index (χ0n) is 7.61. The maximum Gasteiger partial charge on any atom is 0.387 e. The summed E-state index contributed by atoms with van der Waals surface area (Å²) in [6, 6.07) is 4.28. The molecule has 0 radical (unpaired) electrons. The number of hydrogen-bond acceptors (Lipinski definition) is 4. The van der Waals surface area contributed by atoms with Gasteiger partial charge in [-0.25, -0.2) is 4.98 Å². The Balaban J connectivity index is 2.37. The minimum absolute atomic E-state index is 0.0503. The van der Waals surface area contributed by atoms with Crippen LogP contribution in [0.2, 0.25) is 0 Å². The number of halogens is 2. The van der Waals surface area contributed by atoms with Crippen molar-refractivity contribution in [3.63, 3.8) is 0 Å². The van der Waals surface area contributed by atoms with Gasteiger partial charge >= 0.3 is 6.61 Å². The van der Waals surface area contributed by atoms with E-state index in [0.29, 0.717) is 17.0 Å². The van der Waals surface area contributed by atoms with Crippen LogP contribution in [0, 0.1) is 0 Å². The van der Waals surface area contributed by atoms with E-state index in [1.165, 1.54) is 18.2 Å². The fourth-order valence-corrected chi connectivity index (χ4v) is 1.22. The van der Waals surface area contributed by atoms with Gasteiger partial charge < -0.3 is 14.9 Å². The molecule has 2 N–H and O–H groups in total. The fourth-order valence-electron chi connectivity index (χ4n) is 1.22. The monoisotopic (exact) mass is 214 g/mol. The summed E-state index contributed by atoms with van der Waals surface area (Å²) in [5.74, 6) is 0.411. The van der Waals surface area contributed by atoms with Crippen molar-refractivity contribution in [3.8, 4) is 5.75 Å². The molecule has 0 aliphatic rings. The third kappa shape index (κ3) is 2.04. The zero-order valence-corrected chi connectivity index (χ0v) is 7.61. The second-order valence-electron chi connectivity index (χ2n) is 2.82. The maximum atomic E-state index is 11.9. The normalized spacial score (nSPS) is 11.2. The summed E-state index contributed by atoms with van der Waals surface area (Å²) in [6.07, 6.45) is 0. The number of nitrogens with zero attached hydrogens (tertiary/aromatic N) is 1. The second kappa shape index (κ2) is 3.82. The Hall–Kier alpha value is -1.69. The van der Waals surface area contributed by atoms with Crippen molar-refractivity contribution < 1.29 is 17.9 Å². The quantitative estimate of drug-likeness (QED) is 0.847. The molecule has 0 aliphatic carbocycles. The summed E-state index contributed by atoms with van der Waals surface area (Å²) in [6.45, 7) is -2.68. The van der Waals surface area contributed by atoms with Gasteiger partial charge in [0.1, 0.15) is 11.3 Å². The van der Waals surface area contributed by atoms with Crippen LogP contribution in [-0.2, 0) is 6.54 Å². The molecule has 15 heavy (non-hydrogen) atoms. The molecule has 0 amide bonds. The Kier molecular flexibility index (Phi) is 2.51. The lowest BCUT2D eigenvalue weighted by atomic mass is 10.3. The summed E-state index contributed by atoms with van der Waals surface area (Å²) in [5.41, 5.74) is 6.27. The lowest BCUT2D eigenvalue weighted by Crippen LogP contribution is -2.01. The average molecular weight is 214 g/mol. The van der Waals surface area contributed by atoms with E-state index in [2.05, 4.69) is 9.72 Å². The Bertz CT molecular complexity index is 470. The zero-order chi connectivity index (χ0) is 10.8. The smallest absolute Gasteiger partial charge is 0.387 e. The highest BCUT2D eigenvalue weighted by Gasteiger charge is 2.08. The van der Waals surface area contributed by atoms with Gasteiger partial charge in [-0.2, -0.15) is 8.78 Å². The molecule has 0 spiro atoms. The van der Waals surface area contributed by atoms with Crippen LogP contribution in [-0.4, -0.2) is 11.6 Å². The van der Waals surface area contributed by atoms with E-state index < -0.39 is 6.61 Å². The molecule has 0 atom stereocenters. The molecule has 0 saturated carbocycles. The van der Waals surface area contributed by atoms with Gasteiger partial charge in [-0.3, -0.25) is 0 Å². The van der Waals surface area contributed by atoms with Gasteiger partial charge in [-0.1, -0.05) is 0 Å². The second-order valence-corrected chi connectivity index (χ2v) is 2.82. The topological polar surface area (TPSA) is 61.3 Å². The molecule has 1 aromatic carbocycles. The summed E-state index contributed by atoms with van der Waals surface area (Å²) in [4.78, 5) is 3.98. The van der Waals surface area contributed by atoms with Crippen molar-refractivity contribution in [1.29, 1.82) is 0 Å². The summed E-state index contributed by atoms with van der Waals surface area (Å²) in [7, 11) is 0. The first-order chi connectivity index (χ1) is 7.19. The summed E-state index contributed by atoms with van der Waals surface area (Å²) in [5, 5.41) is 0. The fraction of sp³-hybridized carbons (Fsp3) is 0.222. The van der Waals surface area contributed by atoms with E-state index in [9.17, 15) is 8.78 Å². The molecule has 0 fully saturated rings. The minimum atomic E-state index is -2.84. The number of ether oxygens (including phenoxy) is 1. The Morgan fingerprint density at radius 1 is 1.47 bits per heavy atom. The Morgan fingerprint density at radius 2 is 2.27 bits per heavy atom. The highest BCUT2D eigenvalue weighted by Crippen LogP contribution is 2.22. The molecule has 6 heteroatoms. The number of nitrogens with two attached hydrogens (primary N) is 1. The molecule has 2 rings (SSSR count). The van der Waals surface area contributed by atoms with Gasteiger partial charge in [0.05, 0.1) is 6.54 Å². The van der Waals surface area contributed by atoms with E-state index in [-0.39, 0.29) is 12.3 Å². The van der Waals surface area contributed by atoms with Crippen molar-refractivity contribution in [2.75, 3.05) is 0 Å². The SMILES string of the molecule is NCc1nc2cc(OC(F)F)ccc2o1. The van der Waals surface area contributed by atoms with E-state index in [4.69, 9.17) is 10.2 Å². The van der Waals surface area contributed by atoms with Crippen molar-refractivity contribution in [2.45, 2.75) is 13.2 Å². The van der Waals surface area contributed by atoms with Crippen LogP contribution in [0.5, 0.6) is 5.75 Å². The van der Waals surface area contributed by atoms with Gasteiger partial charge in [0, 0.05) is 6.07 Å². The molecular formula is C9H8F2N2O2. The standard InChI is InChI=1S/C9H8F2N2O2/c10-9(11)14-5-1-2-7-6(3-5)13-8(4-12)15-7/h1-3,9H,4,12H2. The van der Waals surface area contributed by atoms with Crippen molar-refractivity contribution in [3.05, 3.63) is 24.1 Å². The molecule has 4 nitrogen and oxygen atoms in total. The average Bonchev–Trinajstić information content (AvgIpc) is 2.58. The molecule has 1 aromatic heterocycles. The van der Waals surface area contributed by atoms with E-state index in [0.717, 1.165) is 0 Å². The molecule has 0 bridgehead atoms. The third-order valence-electron chi connectivity index (χ3n) is 1.80. The lowest BCUT2D eigenvalue weighted by molar-refractivity contribution is -0.0497. The molecule has 2 aromatic rings. The van der Waals surface area contributed by atoms with Crippen molar-refractivity contribution >= 4 is 11.1 Å². The summed E-state index contributed by atoms with van der Waals surface area (Å²) >= 11 is 0.